The number of fused-ring (bicyclic) bond motifs is 1. The summed E-state index contributed by atoms with van der Waals surface area (Å²) in [5.41, 5.74) is 7.58. The minimum Gasteiger partial charge on any atom is -0.332 e. The Morgan fingerprint density at radius 1 is 1.27 bits per heavy atom. The van der Waals surface area contributed by atoms with Gasteiger partial charge in [-0.1, -0.05) is 40.5 Å². The number of nitrogens with one attached hydrogen (secondary N) is 2. The van der Waals surface area contributed by atoms with E-state index in [1.54, 1.807) is 54.1 Å². The van der Waals surface area contributed by atoms with Crippen molar-refractivity contribution in [3.8, 4) is 11.1 Å². The minimum atomic E-state index is -1.58. The molecule has 41 heavy (non-hydrogen) atoms. The van der Waals surface area contributed by atoms with Crippen LogP contribution in [0.3, 0.4) is 0 Å². The van der Waals surface area contributed by atoms with E-state index >= 15 is 4.39 Å². The van der Waals surface area contributed by atoms with Gasteiger partial charge in [0.05, 0.1) is 0 Å². The maximum atomic E-state index is 15.7. The van der Waals surface area contributed by atoms with Crippen LogP contribution in [0.25, 0.3) is 22.0 Å². The molecule has 0 saturated heterocycles. The number of hydrogen-bond acceptors (Lipinski definition) is 2. The Kier molecular flexibility index (Phi) is 7.92. The Morgan fingerprint density at radius 3 is 2.73 bits per heavy atom. The number of carbonyl (C=O) groups excluding carboxylic acids is 1. The van der Waals surface area contributed by atoms with Crippen molar-refractivity contribution < 1.29 is 14.9 Å². The smallest absolute Gasteiger partial charge is 0.278 e. The van der Waals surface area contributed by atoms with Crippen LogP contribution in [0, 0.1) is 13.8 Å². The lowest BCUT2D eigenvalue weighted by Gasteiger charge is -2.26. The number of aromatic nitrogens is 2. The summed E-state index contributed by atoms with van der Waals surface area (Å²) >= 11 is 6.44. The molecule has 0 saturated carbocycles. The van der Waals surface area contributed by atoms with Crippen molar-refractivity contribution in [3.63, 3.8) is 0 Å². The summed E-state index contributed by atoms with van der Waals surface area (Å²) in [5.74, 6) is -0.381. The largest absolute Gasteiger partial charge is 0.332 e. The molecule has 0 aliphatic heterocycles. The lowest BCUT2D eigenvalue weighted by Crippen LogP contribution is -2.41. The van der Waals surface area contributed by atoms with E-state index in [-0.39, 0.29) is 30.1 Å². The van der Waals surface area contributed by atoms with Gasteiger partial charge in [-0.2, -0.15) is 0 Å². The predicted octanol–water partition coefficient (Wildman–Crippen LogP) is 6.55. The Morgan fingerprint density at radius 2 is 2.05 bits per heavy atom. The number of H-pyrrole nitrogens is 1. The van der Waals surface area contributed by atoms with Gasteiger partial charge in [0, 0.05) is 62.7 Å². The van der Waals surface area contributed by atoms with Crippen LogP contribution in [-0.4, -0.2) is 26.5 Å². The number of aryl methyl sites for hydroxylation is 1. The zero-order valence-electron chi connectivity index (χ0n) is 23.5. The Hall–Kier alpha value is -3.72. The average molecular weight is 592 g/mol. The second-order valence-electron chi connectivity index (χ2n) is 10.4. The van der Waals surface area contributed by atoms with Gasteiger partial charge in [0.1, 0.15) is 17.1 Å². The van der Waals surface area contributed by atoms with Gasteiger partial charge in [-0.15, -0.1) is 0 Å². The Bertz CT molecular complexity index is 1830. The van der Waals surface area contributed by atoms with Crippen LogP contribution in [0.4, 0.5) is 10.1 Å². The molecule has 2 heterocycles. The van der Waals surface area contributed by atoms with Crippen LogP contribution in [-0.2, 0) is 6.54 Å². The summed E-state index contributed by atoms with van der Waals surface area (Å²) in [5, 5.41) is 3.04. The van der Waals surface area contributed by atoms with E-state index in [4.69, 9.17) is 11.6 Å². The van der Waals surface area contributed by atoms with E-state index in [0.29, 0.717) is 32.6 Å². The molecule has 212 valence electrons. The normalized spacial score (nSPS) is 17.6. The molecular formula is C32H33ClFN4O2S+. The molecule has 1 aliphatic carbocycles. The van der Waals surface area contributed by atoms with Crippen molar-refractivity contribution in [3.05, 3.63) is 105 Å². The highest BCUT2D eigenvalue weighted by atomic mass is 35.5. The second kappa shape index (κ2) is 11.3. The molecule has 2 aromatic carbocycles. The molecule has 1 aliphatic rings. The van der Waals surface area contributed by atoms with Crippen molar-refractivity contribution in [2.24, 2.45) is 0 Å². The number of allylic oxidation sites excluding steroid dienone is 4. The van der Waals surface area contributed by atoms with Crippen molar-refractivity contribution in [1.29, 1.82) is 0 Å². The molecule has 0 fully saturated rings. The first-order valence-electron chi connectivity index (χ1n) is 13.3. The number of hydrogen-bond donors (Lipinski definition) is 3. The minimum absolute atomic E-state index is 0.124. The number of pyridine rings is 1. The zero-order chi connectivity index (χ0) is 29.5. The highest BCUT2D eigenvalue weighted by molar-refractivity contribution is 8.13. The van der Waals surface area contributed by atoms with Crippen LogP contribution in [0.2, 0.25) is 5.02 Å². The Balaban J connectivity index is 1.75. The molecule has 5 N–H and O–H groups in total. The first kappa shape index (κ1) is 28.8. The third-order valence-corrected chi connectivity index (χ3v) is 9.56. The summed E-state index contributed by atoms with van der Waals surface area (Å²) in [6.07, 6.45) is 7.18. The van der Waals surface area contributed by atoms with E-state index in [1.807, 2.05) is 44.3 Å². The summed E-state index contributed by atoms with van der Waals surface area (Å²) in [6, 6.07) is 12.7. The van der Waals surface area contributed by atoms with Crippen LogP contribution in [0.15, 0.2) is 82.2 Å². The third kappa shape index (κ3) is 5.47. The highest BCUT2D eigenvalue weighted by Gasteiger charge is 2.32. The molecule has 5 rings (SSSR count). The summed E-state index contributed by atoms with van der Waals surface area (Å²) in [6.45, 7) is 7.61. The molecule has 0 bridgehead atoms. The monoisotopic (exact) mass is 591 g/mol. The molecule has 0 radical (unpaired) electrons. The van der Waals surface area contributed by atoms with E-state index in [9.17, 15) is 9.59 Å². The van der Waals surface area contributed by atoms with Crippen LogP contribution >= 0.6 is 22.3 Å². The molecule has 6 nitrogen and oxygen atoms in total. The summed E-state index contributed by atoms with van der Waals surface area (Å²) in [4.78, 5) is 31.1. The van der Waals surface area contributed by atoms with Crippen LogP contribution < -0.4 is 16.0 Å². The number of nitrogens with zero attached hydrogens (tertiary/aromatic N) is 1. The van der Waals surface area contributed by atoms with E-state index in [2.05, 4.69) is 21.5 Å². The van der Waals surface area contributed by atoms with Gasteiger partial charge >= 0.3 is 0 Å². The Labute approximate surface area is 245 Å². The van der Waals surface area contributed by atoms with E-state index < -0.39 is 16.3 Å². The number of rotatable bonds is 6. The first-order chi connectivity index (χ1) is 19.5. The number of halogens is 2. The van der Waals surface area contributed by atoms with E-state index in [1.165, 1.54) is 0 Å². The van der Waals surface area contributed by atoms with Gasteiger partial charge in [0.25, 0.3) is 11.5 Å². The van der Waals surface area contributed by atoms with Crippen LogP contribution in [0.1, 0.15) is 41.9 Å². The van der Waals surface area contributed by atoms with Gasteiger partial charge < -0.3 is 15.3 Å². The fraction of sp³-hybridized carbons (Fsp3) is 0.219. The van der Waals surface area contributed by atoms with Gasteiger partial charge in [0.15, 0.2) is 0 Å². The quantitative estimate of drug-likeness (QED) is 0.222. The fourth-order valence-electron chi connectivity index (χ4n) is 5.21. The molecular weight excluding hydrogens is 559 g/mol. The van der Waals surface area contributed by atoms with Gasteiger partial charge in [-0.3, -0.25) is 14.3 Å². The maximum absolute atomic E-state index is 15.7. The van der Waals surface area contributed by atoms with Crippen LogP contribution in [0.5, 0.6) is 0 Å². The molecule has 0 spiro atoms. The lowest BCUT2D eigenvalue weighted by atomic mass is 9.90. The number of amides is 1. The topological polar surface area (TPSA) is 94.5 Å². The fourth-order valence-corrected chi connectivity index (χ4v) is 6.76. The molecule has 4 aromatic rings. The van der Waals surface area contributed by atoms with Crippen molar-refractivity contribution >= 4 is 50.1 Å². The summed E-state index contributed by atoms with van der Waals surface area (Å²) in [7, 11) is -0.770. The number of benzene rings is 2. The molecule has 9 heteroatoms. The predicted molar refractivity (Wildman–Crippen MR) is 168 cm³/mol. The van der Waals surface area contributed by atoms with E-state index in [0.717, 1.165) is 21.7 Å². The van der Waals surface area contributed by atoms with Crippen molar-refractivity contribution in [1.82, 2.24) is 14.3 Å². The number of aromatic amines is 1. The molecule has 1 amide bonds. The lowest BCUT2D eigenvalue weighted by molar-refractivity contribution is -0.255. The standard InChI is InChI=1S/C32H32ClFN4O2S/c1-5-41(23-15-19(2)20(3)26(35)17-23)37-31(40)29-28(24-10-8-14-36-30(24)39)25-16-22(33)11-12-27(25)38(29)18-21-9-6-7-13-32(21,4)34/h5-12,14-17H,13,18,35H2,1-4H3,(H,36,39)(H,37,40)/p+1. The van der Waals surface area contributed by atoms with Gasteiger partial charge in [0.2, 0.25) is 0 Å². The zero-order valence-corrected chi connectivity index (χ0v) is 25.0. The van der Waals surface area contributed by atoms with Crippen molar-refractivity contribution in [2.75, 3.05) is 0 Å². The maximum Gasteiger partial charge on any atom is 0.278 e. The van der Waals surface area contributed by atoms with Gasteiger partial charge in [-0.05, 0) is 80.6 Å². The second-order valence-corrected chi connectivity index (χ2v) is 12.7. The number of carbonyl (C=O) groups is 1. The number of alkyl halides is 1. The molecule has 2 atom stereocenters. The SMILES string of the molecule is CC=S(NC(=O)c1c(-c2ccc[nH]c2=O)c2cc(Cl)ccc2n1CC1=CC=CCC1(C)F)c1cc(C)c(C)c([NH3+])c1. The first-order valence-corrected chi connectivity index (χ1v) is 15.0. The van der Waals surface area contributed by atoms with Crippen molar-refractivity contribution in [2.45, 2.75) is 51.2 Å². The third-order valence-electron chi connectivity index (χ3n) is 7.70. The van der Waals surface area contributed by atoms with Gasteiger partial charge in [-0.25, -0.2) is 4.39 Å². The highest BCUT2D eigenvalue weighted by Crippen LogP contribution is 2.39. The number of quaternary nitrogens is 1. The summed E-state index contributed by atoms with van der Waals surface area (Å²) < 4.78 is 20.7. The average Bonchev–Trinajstić information content (AvgIpc) is 3.24. The molecule has 2 aromatic heterocycles. The molecule has 2 unspecified atom stereocenters.